The maximum atomic E-state index is 12.4. The van der Waals surface area contributed by atoms with Crippen molar-refractivity contribution in [3.8, 4) is 0 Å². The van der Waals surface area contributed by atoms with Crippen LogP contribution in [0, 0.1) is 0 Å². The maximum absolute atomic E-state index is 12.4. The third kappa shape index (κ3) is 5.14. The number of fused-ring (bicyclic) bond motifs is 1. The molecule has 0 spiro atoms. The van der Waals surface area contributed by atoms with Crippen molar-refractivity contribution in [2.75, 3.05) is 35.5 Å². The van der Waals surface area contributed by atoms with Gasteiger partial charge in [0.1, 0.15) is 10.6 Å². The Bertz CT molecular complexity index is 1090. The van der Waals surface area contributed by atoms with Crippen molar-refractivity contribution in [3.05, 3.63) is 35.7 Å². The zero-order valence-electron chi connectivity index (χ0n) is 16.9. The molecule has 4 N–H and O–H groups in total. The van der Waals surface area contributed by atoms with Crippen LogP contribution in [-0.4, -0.2) is 43.3 Å². The normalized spacial score (nSPS) is 12.1. The monoisotopic (exact) mass is 434 g/mol. The van der Waals surface area contributed by atoms with Gasteiger partial charge >= 0.3 is 0 Å². The van der Waals surface area contributed by atoms with Gasteiger partial charge < -0.3 is 16.0 Å². The van der Waals surface area contributed by atoms with Gasteiger partial charge in [0.2, 0.25) is 16.0 Å². The minimum atomic E-state index is -3.50. The predicted octanol–water partition coefficient (Wildman–Crippen LogP) is 3.61. The Morgan fingerprint density at radius 1 is 1.07 bits per heavy atom. The molecular formula is C19H26N6O2S2. The van der Waals surface area contributed by atoms with Gasteiger partial charge in [-0.25, -0.2) is 13.4 Å². The summed E-state index contributed by atoms with van der Waals surface area (Å²) >= 11 is 1.54. The lowest BCUT2D eigenvalue weighted by Gasteiger charge is -2.20. The zero-order chi connectivity index (χ0) is 21.1. The van der Waals surface area contributed by atoms with E-state index in [4.69, 9.17) is 0 Å². The summed E-state index contributed by atoms with van der Waals surface area (Å²) in [5, 5.41) is 12.4. The Kier molecular flexibility index (Phi) is 6.25. The molecule has 10 heteroatoms. The second-order valence-corrected chi connectivity index (χ2v) is 10.8. The van der Waals surface area contributed by atoms with Crippen molar-refractivity contribution in [2.45, 2.75) is 25.5 Å². The molecule has 8 nitrogen and oxygen atoms in total. The Balaban J connectivity index is 1.86. The van der Waals surface area contributed by atoms with E-state index in [1.807, 2.05) is 24.6 Å². The number of rotatable bonds is 8. The predicted molar refractivity (Wildman–Crippen MR) is 122 cm³/mol. The molecule has 0 saturated carbocycles. The molecule has 2 heterocycles. The minimum Gasteiger partial charge on any atom is -0.353 e. The van der Waals surface area contributed by atoms with Gasteiger partial charge in [0.15, 0.2) is 0 Å². The number of sulfonamides is 1. The summed E-state index contributed by atoms with van der Waals surface area (Å²) in [5.41, 5.74) is 1.22. The first kappa shape index (κ1) is 21.3. The van der Waals surface area contributed by atoms with Crippen LogP contribution in [0.3, 0.4) is 0 Å². The molecule has 0 amide bonds. The Morgan fingerprint density at radius 3 is 2.55 bits per heavy atom. The van der Waals surface area contributed by atoms with Gasteiger partial charge in [0.25, 0.3) is 0 Å². The first-order valence-corrected chi connectivity index (χ1v) is 11.6. The highest BCUT2D eigenvalue weighted by molar-refractivity contribution is 7.94. The highest BCUT2D eigenvalue weighted by atomic mass is 32.2. The Labute approximate surface area is 175 Å². The molecule has 0 unspecified atom stereocenters. The maximum Gasteiger partial charge on any atom is 0.237 e. The molecule has 29 heavy (non-hydrogen) atoms. The topological polar surface area (TPSA) is 108 Å². The van der Waals surface area contributed by atoms with Gasteiger partial charge in [-0.1, -0.05) is 6.07 Å². The molecule has 0 aliphatic heterocycles. The van der Waals surface area contributed by atoms with Crippen molar-refractivity contribution in [3.63, 3.8) is 0 Å². The summed E-state index contributed by atoms with van der Waals surface area (Å²) in [6, 6.07) is 9.09. The number of benzene rings is 1. The first-order valence-electron chi connectivity index (χ1n) is 9.23. The molecule has 3 rings (SSSR count). The number of nitrogens with zero attached hydrogens (tertiary/aromatic N) is 2. The summed E-state index contributed by atoms with van der Waals surface area (Å²) in [6.07, 6.45) is 0. The second-order valence-electron chi connectivity index (χ2n) is 7.49. The zero-order valence-corrected chi connectivity index (χ0v) is 18.5. The number of anilines is 4. The number of hydrogen-bond acceptors (Lipinski definition) is 8. The molecule has 0 fully saturated rings. The SMILES string of the molecule is CNCCNc1nc(Nc2cccc(NS(=O)(=O)C(C)(C)C)c2)c2ccsc2n1. The number of aromatic nitrogens is 2. The average molecular weight is 435 g/mol. The van der Waals surface area contributed by atoms with E-state index in [0.29, 0.717) is 24.0 Å². The van der Waals surface area contributed by atoms with E-state index in [-0.39, 0.29) is 0 Å². The van der Waals surface area contributed by atoms with Crippen LogP contribution in [-0.2, 0) is 10.0 Å². The fourth-order valence-corrected chi connectivity index (χ4v) is 3.94. The molecule has 0 saturated heterocycles. The minimum absolute atomic E-state index is 0.493. The molecule has 2 aromatic heterocycles. The molecule has 0 aliphatic carbocycles. The second kappa shape index (κ2) is 8.52. The third-order valence-electron chi connectivity index (χ3n) is 4.17. The van der Waals surface area contributed by atoms with Gasteiger partial charge in [-0.05, 0) is 57.5 Å². The van der Waals surface area contributed by atoms with Crippen LogP contribution in [0.1, 0.15) is 20.8 Å². The largest absolute Gasteiger partial charge is 0.353 e. The van der Waals surface area contributed by atoms with Crippen molar-refractivity contribution < 1.29 is 8.42 Å². The van der Waals surface area contributed by atoms with Crippen LogP contribution in [0.25, 0.3) is 10.2 Å². The third-order valence-corrected chi connectivity index (χ3v) is 7.09. The molecule has 1 aromatic carbocycles. The smallest absolute Gasteiger partial charge is 0.237 e. The summed E-state index contributed by atoms with van der Waals surface area (Å²) in [4.78, 5) is 10.0. The van der Waals surface area contributed by atoms with Crippen molar-refractivity contribution in [1.82, 2.24) is 15.3 Å². The van der Waals surface area contributed by atoms with E-state index in [0.717, 1.165) is 22.4 Å². The molecule has 0 aliphatic rings. The lowest BCUT2D eigenvalue weighted by molar-refractivity contribution is 0.566. The van der Waals surface area contributed by atoms with Crippen LogP contribution in [0.2, 0.25) is 0 Å². The quantitative estimate of drug-likeness (QED) is 0.401. The summed E-state index contributed by atoms with van der Waals surface area (Å²) in [7, 11) is -1.62. The molecule has 0 radical (unpaired) electrons. The van der Waals surface area contributed by atoms with E-state index in [9.17, 15) is 8.42 Å². The van der Waals surface area contributed by atoms with Gasteiger partial charge in [0, 0.05) is 18.8 Å². The van der Waals surface area contributed by atoms with E-state index >= 15 is 0 Å². The highest BCUT2D eigenvalue weighted by Gasteiger charge is 2.28. The lowest BCUT2D eigenvalue weighted by Crippen LogP contribution is -2.33. The fourth-order valence-electron chi connectivity index (χ4n) is 2.43. The van der Waals surface area contributed by atoms with Crippen LogP contribution >= 0.6 is 11.3 Å². The van der Waals surface area contributed by atoms with E-state index in [1.54, 1.807) is 50.3 Å². The molecular weight excluding hydrogens is 408 g/mol. The first-order chi connectivity index (χ1) is 13.7. The lowest BCUT2D eigenvalue weighted by atomic mass is 10.2. The molecule has 156 valence electrons. The van der Waals surface area contributed by atoms with Gasteiger partial charge in [0.05, 0.1) is 15.8 Å². The van der Waals surface area contributed by atoms with E-state index < -0.39 is 14.8 Å². The number of thiophene rings is 1. The van der Waals surface area contributed by atoms with E-state index in [1.165, 1.54) is 0 Å². The van der Waals surface area contributed by atoms with Gasteiger partial charge in [-0.15, -0.1) is 11.3 Å². The van der Waals surface area contributed by atoms with E-state index in [2.05, 4.69) is 30.6 Å². The van der Waals surface area contributed by atoms with Crippen LogP contribution in [0.5, 0.6) is 0 Å². The van der Waals surface area contributed by atoms with Gasteiger partial charge in [-0.2, -0.15) is 4.98 Å². The van der Waals surface area contributed by atoms with Gasteiger partial charge in [-0.3, -0.25) is 4.72 Å². The number of likely N-dealkylation sites (N-methyl/N-ethyl adjacent to an activating group) is 1. The van der Waals surface area contributed by atoms with Crippen molar-refractivity contribution in [2.24, 2.45) is 0 Å². The summed E-state index contributed by atoms with van der Waals surface area (Å²) in [5.74, 6) is 1.21. The molecule has 3 aromatic rings. The number of nitrogens with one attached hydrogen (secondary N) is 4. The van der Waals surface area contributed by atoms with Crippen LogP contribution in [0.15, 0.2) is 35.7 Å². The number of hydrogen-bond donors (Lipinski definition) is 4. The molecule has 0 bridgehead atoms. The van der Waals surface area contributed by atoms with Crippen LogP contribution < -0.4 is 20.7 Å². The Morgan fingerprint density at radius 2 is 1.83 bits per heavy atom. The summed E-state index contributed by atoms with van der Waals surface area (Å²) < 4.78 is 26.6. The molecule has 0 atom stereocenters. The van der Waals surface area contributed by atoms with Crippen molar-refractivity contribution in [1.29, 1.82) is 0 Å². The average Bonchev–Trinajstić information content (AvgIpc) is 3.10. The summed E-state index contributed by atoms with van der Waals surface area (Å²) in [6.45, 7) is 6.48. The standard InChI is InChI=1S/C19H26N6O2S2/c1-19(2,3)29(26,27)25-14-7-5-6-13(12-14)22-16-15-8-11-28-17(15)24-18(23-16)21-10-9-20-4/h5-8,11-12,20,25H,9-10H2,1-4H3,(H2,21,22,23,24). The van der Waals surface area contributed by atoms with Crippen molar-refractivity contribution >= 4 is 54.7 Å². The highest BCUT2D eigenvalue weighted by Crippen LogP contribution is 2.30. The van der Waals surface area contributed by atoms with Crippen LogP contribution in [0.4, 0.5) is 23.1 Å². The Hall–Kier alpha value is -2.43. The fraction of sp³-hybridized carbons (Fsp3) is 0.368.